The summed E-state index contributed by atoms with van der Waals surface area (Å²) < 4.78 is 6.01. The molecule has 7 heteroatoms. The van der Waals surface area contributed by atoms with Crippen LogP contribution in [0.4, 0.5) is 17.6 Å². The van der Waals surface area contributed by atoms with Crippen molar-refractivity contribution < 1.29 is 4.74 Å². The van der Waals surface area contributed by atoms with Gasteiger partial charge in [-0.2, -0.15) is 9.97 Å². The minimum absolute atomic E-state index is 0.0260. The average molecular weight is 306 g/mol. The molecule has 2 atom stereocenters. The molecule has 0 bridgehead atoms. The maximum absolute atomic E-state index is 6.01. The molecule has 122 valence electrons. The number of rotatable bonds is 3. The van der Waals surface area contributed by atoms with Gasteiger partial charge in [0.2, 0.25) is 11.7 Å². The van der Waals surface area contributed by atoms with Gasteiger partial charge in [-0.15, -0.1) is 0 Å². The van der Waals surface area contributed by atoms with Crippen LogP contribution in [0.2, 0.25) is 0 Å². The predicted molar refractivity (Wildman–Crippen MR) is 88.6 cm³/mol. The summed E-state index contributed by atoms with van der Waals surface area (Å²) in [4.78, 5) is 11.1. The Kier molecular flexibility index (Phi) is 3.99. The highest BCUT2D eigenvalue weighted by atomic mass is 16.5. The Morgan fingerprint density at radius 3 is 3.00 bits per heavy atom. The molecule has 0 spiro atoms. The lowest BCUT2D eigenvalue weighted by atomic mass is 9.95. The fourth-order valence-electron chi connectivity index (χ4n) is 3.07. The van der Waals surface area contributed by atoms with Crippen molar-refractivity contribution in [2.24, 2.45) is 0 Å². The zero-order valence-electron chi connectivity index (χ0n) is 13.6. The minimum Gasteiger partial charge on any atom is -0.486 e. The van der Waals surface area contributed by atoms with Crippen LogP contribution in [0.25, 0.3) is 0 Å². The van der Waals surface area contributed by atoms with Crippen molar-refractivity contribution in [2.45, 2.75) is 44.7 Å². The summed E-state index contributed by atoms with van der Waals surface area (Å²) in [5.41, 5.74) is 5.91. The van der Waals surface area contributed by atoms with E-state index < -0.39 is 0 Å². The molecule has 1 aromatic rings. The Labute approximate surface area is 131 Å². The van der Waals surface area contributed by atoms with Gasteiger partial charge in [0.1, 0.15) is 0 Å². The van der Waals surface area contributed by atoms with Crippen molar-refractivity contribution in [2.75, 3.05) is 42.7 Å². The van der Waals surface area contributed by atoms with E-state index in [1.807, 2.05) is 7.05 Å². The van der Waals surface area contributed by atoms with Gasteiger partial charge in [-0.05, 0) is 26.8 Å². The van der Waals surface area contributed by atoms with Crippen molar-refractivity contribution in [3.63, 3.8) is 0 Å². The number of nitrogens with one attached hydrogen (secondary N) is 2. The lowest BCUT2D eigenvalue weighted by Gasteiger charge is -2.28. The Bertz CT molecular complexity index is 551. The van der Waals surface area contributed by atoms with E-state index in [9.17, 15) is 0 Å². The molecule has 22 heavy (non-hydrogen) atoms. The average Bonchev–Trinajstić information content (AvgIpc) is 2.91. The van der Waals surface area contributed by atoms with Gasteiger partial charge in [0.15, 0.2) is 11.6 Å². The summed E-state index contributed by atoms with van der Waals surface area (Å²) in [5, 5.41) is 6.84. The number of nitrogen functional groups attached to an aromatic ring is 1. The highest BCUT2D eigenvalue weighted by Gasteiger charge is 2.32. The van der Waals surface area contributed by atoms with Crippen molar-refractivity contribution in [3.05, 3.63) is 0 Å². The SMILES string of the molecule is CCC1(C)CCOc2c(nc(N)nc2N2CC[C@@H](NC)C2)N1. The summed E-state index contributed by atoms with van der Waals surface area (Å²) in [7, 11) is 1.99. The van der Waals surface area contributed by atoms with E-state index in [0.29, 0.717) is 12.6 Å². The third kappa shape index (κ3) is 2.77. The molecular weight excluding hydrogens is 280 g/mol. The second-order valence-electron chi connectivity index (χ2n) is 6.44. The van der Waals surface area contributed by atoms with Crippen LogP contribution < -0.4 is 26.0 Å². The molecule has 3 rings (SSSR count). The maximum Gasteiger partial charge on any atom is 0.224 e. The molecule has 0 amide bonds. The van der Waals surface area contributed by atoms with Gasteiger partial charge < -0.3 is 26.0 Å². The van der Waals surface area contributed by atoms with Crippen LogP contribution in [0, 0.1) is 0 Å². The molecule has 0 aromatic carbocycles. The maximum atomic E-state index is 6.01. The van der Waals surface area contributed by atoms with E-state index >= 15 is 0 Å². The highest BCUT2D eigenvalue weighted by Crippen LogP contribution is 2.39. The van der Waals surface area contributed by atoms with Gasteiger partial charge in [-0.1, -0.05) is 6.92 Å². The number of nitrogens with zero attached hydrogens (tertiary/aromatic N) is 3. The standard InChI is InChI=1S/C15H26N6O/c1-4-15(2)6-8-22-11-12(20-15)18-14(16)19-13(11)21-7-5-10(9-21)17-3/h10,17H,4-9H2,1-3H3,(H3,16,18,19,20)/t10-,15?/m1/s1. The van der Waals surface area contributed by atoms with Crippen LogP contribution in [0.5, 0.6) is 5.75 Å². The molecule has 2 aliphatic heterocycles. The van der Waals surface area contributed by atoms with Gasteiger partial charge >= 0.3 is 0 Å². The number of hydrogen-bond donors (Lipinski definition) is 3. The van der Waals surface area contributed by atoms with Crippen molar-refractivity contribution >= 4 is 17.6 Å². The summed E-state index contributed by atoms with van der Waals surface area (Å²) in [6.07, 6.45) is 3.02. The monoisotopic (exact) mass is 306 g/mol. The molecule has 1 aromatic heterocycles. The first-order valence-corrected chi connectivity index (χ1v) is 8.05. The first kappa shape index (κ1) is 15.1. The fraction of sp³-hybridized carbons (Fsp3) is 0.733. The van der Waals surface area contributed by atoms with Gasteiger partial charge in [0, 0.05) is 31.1 Å². The van der Waals surface area contributed by atoms with E-state index in [2.05, 4.69) is 39.3 Å². The summed E-state index contributed by atoms with van der Waals surface area (Å²) in [6.45, 7) is 6.88. The molecule has 4 N–H and O–H groups in total. The second kappa shape index (κ2) is 5.79. The van der Waals surface area contributed by atoms with Crippen LogP contribution in [0.3, 0.4) is 0 Å². The van der Waals surface area contributed by atoms with Gasteiger partial charge in [-0.25, -0.2) is 0 Å². The van der Waals surface area contributed by atoms with Crippen LogP contribution in [-0.4, -0.2) is 48.3 Å². The third-order valence-electron chi connectivity index (χ3n) is 4.86. The van der Waals surface area contributed by atoms with E-state index in [1.165, 1.54) is 0 Å². The van der Waals surface area contributed by atoms with Gasteiger partial charge in [0.25, 0.3) is 0 Å². The zero-order chi connectivity index (χ0) is 15.7. The fourth-order valence-corrected chi connectivity index (χ4v) is 3.07. The molecule has 1 unspecified atom stereocenters. The van der Waals surface area contributed by atoms with Crippen LogP contribution in [0.1, 0.15) is 33.1 Å². The summed E-state index contributed by atoms with van der Waals surface area (Å²) >= 11 is 0. The zero-order valence-corrected chi connectivity index (χ0v) is 13.6. The van der Waals surface area contributed by atoms with E-state index in [1.54, 1.807) is 0 Å². The molecule has 0 saturated carbocycles. The van der Waals surface area contributed by atoms with Crippen molar-refractivity contribution in [1.29, 1.82) is 0 Å². The minimum atomic E-state index is -0.0260. The topological polar surface area (TPSA) is 88.3 Å². The van der Waals surface area contributed by atoms with E-state index in [0.717, 1.165) is 49.7 Å². The smallest absolute Gasteiger partial charge is 0.224 e. The molecule has 3 heterocycles. The number of anilines is 3. The number of aromatic nitrogens is 2. The van der Waals surface area contributed by atoms with Crippen molar-refractivity contribution in [3.8, 4) is 5.75 Å². The van der Waals surface area contributed by atoms with Gasteiger partial charge in [-0.3, -0.25) is 0 Å². The number of nitrogens with two attached hydrogens (primary N) is 1. The first-order valence-electron chi connectivity index (χ1n) is 8.05. The van der Waals surface area contributed by atoms with E-state index in [4.69, 9.17) is 10.5 Å². The first-order chi connectivity index (χ1) is 10.5. The number of likely N-dealkylation sites (N-methyl/N-ethyl adjacent to an activating group) is 1. The molecule has 0 radical (unpaired) electrons. The number of ether oxygens (including phenoxy) is 1. The largest absolute Gasteiger partial charge is 0.486 e. The molecule has 2 aliphatic rings. The van der Waals surface area contributed by atoms with Crippen LogP contribution in [-0.2, 0) is 0 Å². The lowest BCUT2D eigenvalue weighted by Crippen LogP contribution is -2.34. The quantitative estimate of drug-likeness (QED) is 0.773. The summed E-state index contributed by atoms with van der Waals surface area (Å²) in [6, 6.07) is 0.478. The Morgan fingerprint density at radius 2 is 2.32 bits per heavy atom. The van der Waals surface area contributed by atoms with Crippen LogP contribution >= 0.6 is 0 Å². The van der Waals surface area contributed by atoms with Gasteiger partial charge in [0.05, 0.1) is 6.61 Å². The highest BCUT2D eigenvalue weighted by molar-refractivity contribution is 5.68. The predicted octanol–water partition coefficient (Wildman–Crippen LogP) is 1.22. The number of hydrogen-bond acceptors (Lipinski definition) is 7. The van der Waals surface area contributed by atoms with Crippen molar-refractivity contribution in [1.82, 2.24) is 15.3 Å². The molecule has 1 saturated heterocycles. The molecular formula is C15H26N6O. The normalized spacial score (nSPS) is 27.8. The lowest BCUT2D eigenvalue weighted by molar-refractivity contribution is 0.286. The van der Waals surface area contributed by atoms with E-state index in [-0.39, 0.29) is 11.5 Å². The Balaban J connectivity index is 1.96. The molecule has 7 nitrogen and oxygen atoms in total. The molecule has 0 aliphatic carbocycles. The van der Waals surface area contributed by atoms with Crippen LogP contribution in [0.15, 0.2) is 0 Å². The second-order valence-corrected chi connectivity index (χ2v) is 6.44. The Hall–Kier alpha value is -1.76. The summed E-state index contributed by atoms with van der Waals surface area (Å²) in [5.74, 6) is 2.56. The Morgan fingerprint density at radius 1 is 1.50 bits per heavy atom. The third-order valence-corrected chi connectivity index (χ3v) is 4.86. The molecule has 1 fully saturated rings. The number of fused-ring (bicyclic) bond motifs is 1.